The van der Waals surface area contributed by atoms with E-state index < -0.39 is 0 Å². The van der Waals surface area contributed by atoms with Crippen LogP contribution in [0.4, 0.5) is 0 Å². The fourth-order valence-electron chi connectivity index (χ4n) is 1.94. The number of methoxy groups -OCH3 is 4. The molecule has 0 bridgehead atoms. The maximum absolute atomic E-state index is 5.34. The lowest BCUT2D eigenvalue weighted by atomic mass is 10.0. The van der Waals surface area contributed by atoms with Crippen LogP contribution in [0.1, 0.15) is 0 Å². The summed E-state index contributed by atoms with van der Waals surface area (Å²) in [6, 6.07) is 12.7. The number of hydrogen-bond donors (Lipinski definition) is 0. The van der Waals surface area contributed by atoms with Crippen LogP contribution in [0.25, 0.3) is 11.1 Å². The molecular weight excluding hydrogens is 256 g/mol. The van der Waals surface area contributed by atoms with E-state index in [4.69, 9.17) is 18.9 Å². The largest absolute Gasteiger partial charge is 0.497 e. The van der Waals surface area contributed by atoms with E-state index in [0.717, 1.165) is 16.9 Å². The summed E-state index contributed by atoms with van der Waals surface area (Å²) in [6.07, 6.45) is 0. The smallest absolute Gasteiger partial charge is 0.203 e. The van der Waals surface area contributed by atoms with Crippen LogP contribution in [0.3, 0.4) is 0 Å². The minimum atomic E-state index is 0.512. The molecule has 0 aromatic heterocycles. The number of hydrogen-bond acceptors (Lipinski definition) is 4. The summed E-state index contributed by atoms with van der Waals surface area (Å²) in [6.45, 7) is 0. The van der Waals surface area contributed by atoms with Crippen molar-refractivity contribution in [1.29, 1.82) is 0 Å². The second-order valence-corrected chi connectivity index (χ2v) is 4.05. The second-order valence-electron chi connectivity index (χ2n) is 4.05. The molecule has 1 radical (unpaired) electrons. The first-order valence-electron chi connectivity index (χ1n) is 6.10. The van der Waals surface area contributed by atoms with Crippen molar-refractivity contribution in [3.63, 3.8) is 0 Å². The van der Waals surface area contributed by atoms with Crippen LogP contribution in [0, 0.1) is 6.07 Å². The minimum Gasteiger partial charge on any atom is -0.497 e. The average Bonchev–Trinajstić information content (AvgIpc) is 2.53. The third-order valence-electron chi connectivity index (χ3n) is 2.98. The van der Waals surface area contributed by atoms with Gasteiger partial charge in [-0.05, 0) is 29.3 Å². The average molecular weight is 273 g/mol. The summed E-state index contributed by atoms with van der Waals surface area (Å²) in [5.74, 6) is 2.46. The minimum absolute atomic E-state index is 0.512. The van der Waals surface area contributed by atoms with Crippen LogP contribution in [-0.4, -0.2) is 28.4 Å². The molecule has 4 heteroatoms. The standard InChI is InChI=1S/C16H17O4/c1-17-13-7-5-11(6-8-13)12-9-14(18-2)16(20-4)15(10-12)19-3/h5-9H,1-4H3. The zero-order chi connectivity index (χ0) is 14.5. The molecule has 105 valence electrons. The summed E-state index contributed by atoms with van der Waals surface area (Å²) in [7, 11) is 6.38. The molecule has 0 spiro atoms. The van der Waals surface area contributed by atoms with E-state index in [1.807, 2.05) is 30.3 Å². The Hall–Kier alpha value is -2.36. The Balaban J connectivity index is 2.50. The van der Waals surface area contributed by atoms with Gasteiger partial charge < -0.3 is 18.9 Å². The maximum Gasteiger partial charge on any atom is 0.203 e. The number of rotatable bonds is 5. The van der Waals surface area contributed by atoms with Crippen molar-refractivity contribution in [2.24, 2.45) is 0 Å². The van der Waals surface area contributed by atoms with Crippen LogP contribution in [0.5, 0.6) is 23.0 Å². The van der Waals surface area contributed by atoms with E-state index >= 15 is 0 Å². The molecule has 2 rings (SSSR count). The topological polar surface area (TPSA) is 36.9 Å². The Morgan fingerprint density at radius 2 is 1.50 bits per heavy atom. The highest BCUT2D eigenvalue weighted by Crippen LogP contribution is 2.40. The van der Waals surface area contributed by atoms with Gasteiger partial charge in [0.25, 0.3) is 0 Å². The maximum atomic E-state index is 5.34. The molecule has 0 aliphatic carbocycles. The Kier molecular flexibility index (Phi) is 4.35. The SMILES string of the molecule is COc1ccc(-c2[c]c(OC)c(OC)c(OC)c2)cc1. The van der Waals surface area contributed by atoms with Gasteiger partial charge in [-0.15, -0.1) is 0 Å². The van der Waals surface area contributed by atoms with Gasteiger partial charge in [-0.2, -0.15) is 0 Å². The summed E-state index contributed by atoms with van der Waals surface area (Å²) in [5, 5.41) is 0. The zero-order valence-electron chi connectivity index (χ0n) is 12.0. The van der Waals surface area contributed by atoms with Crippen molar-refractivity contribution < 1.29 is 18.9 Å². The molecule has 0 aliphatic rings. The Morgan fingerprint density at radius 3 is 2.00 bits per heavy atom. The van der Waals surface area contributed by atoms with Gasteiger partial charge in [-0.1, -0.05) is 12.1 Å². The molecule has 0 atom stereocenters. The van der Waals surface area contributed by atoms with Gasteiger partial charge in [-0.3, -0.25) is 0 Å². The summed E-state index contributed by atoms with van der Waals surface area (Å²) >= 11 is 0. The van der Waals surface area contributed by atoms with Gasteiger partial charge in [-0.25, -0.2) is 0 Å². The second kappa shape index (κ2) is 6.19. The molecule has 0 amide bonds. The predicted molar refractivity (Wildman–Crippen MR) is 76.9 cm³/mol. The quantitative estimate of drug-likeness (QED) is 0.838. The highest BCUT2D eigenvalue weighted by molar-refractivity contribution is 5.70. The van der Waals surface area contributed by atoms with E-state index in [1.165, 1.54) is 0 Å². The van der Waals surface area contributed by atoms with Gasteiger partial charge in [0.15, 0.2) is 11.5 Å². The zero-order valence-corrected chi connectivity index (χ0v) is 12.0. The third kappa shape index (κ3) is 2.64. The van der Waals surface area contributed by atoms with Gasteiger partial charge in [0.2, 0.25) is 5.75 Å². The molecule has 0 heterocycles. The predicted octanol–water partition coefficient (Wildman–Crippen LogP) is 3.19. The molecule has 0 aliphatic heterocycles. The normalized spacial score (nSPS) is 10.0. The van der Waals surface area contributed by atoms with Gasteiger partial charge in [0.05, 0.1) is 28.4 Å². The summed E-state index contributed by atoms with van der Waals surface area (Å²) in [5.41, 5.74) is 1.85. The lowest BCUT2D eigenvalue weighted by Gasteiger charge is -2.14. The van der Waals surface area contributed by atoms with E-state index in [2.05, 4.69) is 6.07 Å². The van der Waals surface area contributed by atoms with Crippen molar-refractivity contribution in [2.45, 2.75) is 0 Å². The molecular formula is C16H17O4. The number of benzene rings is 2. The lowest BCUT2D eigenvalue weighted by Crippen LogP contribution is -1.96. The lowest BCUT2D eigenvalue weighted by molar-refractivity contribution is 0.324. The molecule has 20 heavy (non-hydrogen) atoms. The molecule has 2 aromatic rings. The van der Waals surface area contributed by atoms with E-state index in [-0.39, 0.29) is 0 Å². The van der Waals surface area contributed by atoms with E-state index in [9.17, 15) is 0 Å². The first kappa shape index (κ1) is 14.1. The van der Waals surface area contributed by atoms with Crippen LogP contribution in [0.2, 0.25) is 0 Å². The van der Waals surface area contributed by atoms with E-state index in [0.29, 0.717) is 17.2 Å². The Morgan fingerprint density at radius 1 is 0.800 bits per heavy atom. The van der Waals surface area contributed by atoms with Gasteiger partial charge in [0.1, 0.15) is 5.75 Å². The van der Waals surface area contributed by atoms with Crippen LogP contribution >= 0.6 is 0 Å². The molecule has 0 saturated heterocycles. The fourth-order valence-corrected chi connectivity index (χ4v) is 1.94. The highest BCUT2D eigenvalue weighted by Gasteiger charge is 2.14. The van der Waals surface area contributed by atoms with Crippen LogP contribution in [0.15, 0.2) is 30.3 Å². The summed E-state index contributed by atoms with van der Waals surface area (Å²) < 4.78 is 21.1. The number of ether oxygens (including phenoxy) is 4. The van der Waals surface area contributed by atoms with Gasteiger partial charge >= 0.3 is 0 Å². The van der Waals surface area contributed by atoms with Crippen molar-refractivity contribution in [2.75, 3.05) is 28.4 Å². The molecule has 2 aromatic carbocycles. The van der Waals surface area contributed by atoms with Gasteiger partial charge in [0, 0.05) is 6.07 Å². The Bertz CT molecular complexity index is 551. The van der Waals surface area contributed by atoms with Crippen molar-refractivity contribution in [3.05, 3.63) is 36.4 Å². The molecule has 0 fully saturated rings. The Labute approximate surface area is 118 Å². The van der Waals surface area contributed by atoms with E-state index in [1.54, 1.807) is 28.4 Å². The first-order chi connectivity index (χ1) is 9.73. The van der Waals surface area contributed by atoms with Crippen LogP contribution < -0.4 is 18.9 Å². The monoisotopic (exact) mass is 273 g/mol. The molecule has 0 N–H and O–H groups in total. The fraction of sp³-hybridized carbons (Fsp3) is 0.250. The highest BCUT2D eigenvalue weighted by atomic mass is 16.5. The molecule has 0 saturated carbocycles. The summed E-state index contributed by atoms with van der Waals surface area (Å²) in [4.78, 5) is 0. The molecule has 0 unspecified atom stereocenters. The van der Waals surface area contributed by atoms with Crippen molar-refractivity contribution in [1.82, 2.24) is 0 Å². The van der Waals surface area contributed by atoms with Crippen LogP contribution in [-0.2, 0) is 0 Å². The first-order valence-corrected chi connectivity index (χ1v) is 6.10. The third-order valence-corrected chi connectivity index (χ3v) is 2.98. The van der Waals surface area contributed by atoms with Crippen molar-refractivity contribution >= 4 is 0 Å². The molecule has 4 nitrogen and oxygen atoms in total. The van der Waals surface area contributed by atoms with Crippen molar-refractivity contribution in [3.8, 4) is 34.1 Å².